The fourth-order valence-corrected chi connectivity index (χ4v) is 3.27. The van der Waals surface area contributed by atoms with E-state index in [1.807, 2.05) is 30.5 Å². The van der Waals surface area contributed by atoms with Gasteiger partial charge < -0.3 is 9.88 Å². The Bertz CT molecular complexity index is 779. The molecular formula is C16H21BrN4OS. The summed E-state index contributed by atoms with van der Waals surface area (Å²) in [5.41, 5.74) is 2.69. The normalized spacial score (nSPS) is 11.0. The average molecular weight is 397 g/mol. The topological polar surface area (TPSA) is 62.7 Å². The molecule has 23 heavy (non-hydrogen) atoms. The lowest BCUT2D eigenvalue weighted by molar-refractivity contribution is 0.0953. The van der Waals surface area contributed by atoms with Gasteiger partial charge in [0.15, 0.2) is 4.77 Å². The van der Waals surface area contributed by atoms with Gasteiger partial charge in [-0.05, 0) is 63.2 Å². The van der Waals surface area contributed by atoms with E-state index in [0.29, 0.717) is 23.3 Å². The Kier molecular flexibility index (Phi) is 5.75. The number of hydrogen-bond donors (Lipinski definition) is 2. The van der Waals surface area contributed by atoms with Gasteiger partial charge in [0, 0.05) is 29.0 Å². The molecule has 2 rings (SSSR count). The highest BCUT2D eigenvalue weighted by Crippen LogP contribution is 2.21. The molecule has 0 fully saturated rings. The van der Waals surface area contributed by atoms with Crippen molar-refractivity contribution in [2.24, 2.45) is 0 Å². The van der Waals surface area contributed by atoms with Crippen molar-refractivity contribution in [1.29, 1.82) is 0 Å². The minimum Gasteiger partial charge on any atom is -0.352 e. The zero-order valence-corrected chi connectivity index (χ0v) is 16.1. The Labute approximate surface area is 149 Å². The second-order valence-corrected chi connectivity index (χ2v) is 7.07. The molecule has 0 atom stereocenters. The first-order chi connectivity index (χ1) is 10.8. The number of nitrogens with one attached hydrogen (secondary N) is 2. The van der Waals surface area contributed by atoms with E-state index >= 15 is 0 Å². The van der Waals surface area contributed by atoms with E-state index in [1.165, 1.54) is 0 Å². The Morgan fingerprint density at radius 2 is 2.09 bits per heavy atom. The Morgan fingerprint density at radius 3 is 2.74 bits per heavy atom. The van der Waals surface area contributed by atoms with Crippen LogP contribution in [-0.2, 0) is 6.42 Å². The van der Waals surface area contributed by atoms with Crippen LogP contribution in [0.5, 0.6) is 0 Å². The number of carbonyl (C=O) groups is 1. The van der Waals surface area contributed by atoms with Crippen LogP contribution in [0.2, 0.25) is 0 Å². The molecule has 0 aliphatic rings. The molecule has 1 aromatic heterocycles. The van der Waals surface area contributed by atoms with Crippen molar-refractivity contribution in [3.8, 4) is 0 Å². The van der Waals surface area contributed by atoms with E-state index in [2.05, 4.69) is 45.3 Å². The van der Waals surface area contributed by atoms with Crippen LogP contribution < -0.4 is 5.32 Å². The summed E-state index contributed by atoms with van der Waals surface area (Å²) in [4.78, 5) is 12.4. The predicted octanol–water partition coefficient (Wildman–Crippen LogP) is 3.87. The fraction of sp³-hybridized carbons (Fsp3) is 0.438. The van der Waals surface area contributed by atoms with E-state index in [0.717, 1.165) is 21.4 Å². The van der Waals surface area contributed by atoms with Crippen LogP contribution in [0, 0.1) is 18.6 Å². The third kappa shape index (κ3) is 4.09. The van der Waals surface area contributed by atoms with Gasteiger partial charge in [0.25, 0.3) is 5.91 Å². The minimum absolute atomic E-state index is 0.0664. The minimum atomic E-state index is -0.0664. The van der Waals surface area contributed by atoms with Crippen molar-refractivity contribution in [3.63, 3.8) is 0 Å². The molecule has 0 unspecified atom stereocenters. The lowest BCUT2D eigenvalue weighted by Crippen LogP contribution is -2.27. The Balaban J connectivity index is 2.04. The first kappa shape index (κ1) is 17.9. The number of carbonyl (C=O) groups excluding carboxylic acids is 1. The molecule has 124 valence electrons. The molecule has 0 bridgehead atoms. The van der Waals surface area contributed by atoms with Crippen molar-refractivity contribution in [3.05, 3.63) is 43.9 Å². The molecule has 2 N–H and O–H groups in total. The van der Waals surface area contributed by atoms with Gasteiger partial charge in [-0.1, -0.05) is 15.9 Å². The number of benzene rings is 1. The van der Waals surface area contributed by atoms with E-state index in [1.54, 1.807) is 0 Å². The number of hydrogen-bond acceptors (Lipinski definition) is 3. The maximum absolute atomic E-state index is 12.4. The maximum atomic E-state index is 12.4. The van der Waals surface area contributed by atoms with Crippen LogP contribution in [0.15, 0.2) is 16.6 Å². The van der Waals surface area contributed by atoms with Crippen LogP contribution in [-0.4, -0.2) is 27.2 Å². The Morgan fingerprint density at radius 1 is 1.39 bits per heavy atom. The molecular weight excluding hydrogens is 376 g/mol. The molecule has 5 nitrogen and oxygen atoms in total. The van der Waals surface area contributed by atoms with Gasteiger partial charge >= 0.3 is 0 Å². The second kappa shape index (κ2) is 7.40. The highest BCUT2D eigenvalue weighted by molar-refractivity contribution is 9.10. The SMILES string of the molecule is Cc1cc(C(=O)NCCc2n[nH]c(=S)n2C(C)C)c(C)cc1Br. The predicted molar refractivity (Wildman–Crippen MR) is 97.4 cm³/mol. The summed E-state index contributed by atoms with van der Waals surface area (Å²) in [5, 5.41) is 10.0. The molecule has 0 aliphatic heterocycles. The summed E-state index contributed by atoms with van der Waals surface area (Å²) in [6.45, 7) is 8.53. The van der Waals surface area contributed by atoms with Crippen molar-refractivity contribution in [2.75, 3.05) is 6.54 Å². The molecule has 0 radical (unpaired) electrons. The van der Waals surface area contributed by atoms with Crippen molar-refractivity contribution in [2.45, 2.75) is 40.2 Å². The lowest BCUT2D eigenvalue weighted by atomic mass is 10.1. The van der Waals surface area contributed by atoms with Crippen molar-refractivity contribution in [1.82, 2.24) is 20.1 Å². The third-order valence-electron chi connectivity index (χ3n) is 3.68. The second-order valence-electron chi connectivity index (χ2n) is 5.83. The summed E-state index contributed by atoms with van der Waals surface area (Å²) < 4.78 is 3.59. The number of amides is 1. The average Bonchev–Trinajstić information content (AvgIpc) is 2.83. The number of aromatic nitrogens is 3. The molecule has 1 aromatic carbocycles. The highest BCUT2D eigenvalue weighted by atomic mass is 79.9. The summed E-state index contributed by atoms with van der Waals surface area (Å²) in [6, 6.07) is 4.11. The first-order valence-corrected chi connectivity index (χ1v) is 8.72. The first-order valence-electron chi connectivity index (χ1n) is 7.52. The number of aryl methyl sites for hydroxylation is 2. The number of halogens is 1. The monoisotopic (exact) mass is 396 g/mol. The van der Waals surface area contributed by atoms with Crippen LogP contribution in [0.25, 0.3) is 0 Å². The van der Waals surface area contributed by atoms with Gasteiger partial charge in [0.1, 0.15) is 5.82 Å². The molecule has 1 heterocycles. The highest BCUT2D eigenvalue weighted by Gasteiger charge is 2.13. The molecule has 0 saturated carbocycles. The number of nitrogens with zero attached hydrogens (tertiary/aromatic N) is 2. The smallest absolute Gasteiger partial charge is 0.251 e. The van der Waals surface area contributed by atoms with Crippen molar-refractivity contribution < 1.29 is 4.79 Å². The number of rotatable bonds is 5. The van der Waals surface area contributed by atoms with Gasteiger partial charge in [0.05, 0.1) is 0 Å². The van der Waals surface area contributed by atoms with E-state index in [9.17, 15) is 4.79 Å². The van der Waals surface area contributed by atoms with Crippen LogP contribution in [0.4, 0.5) is 0 Å². The van der Waals surface area contributed by atoms with E-state index in [-0.39, 0.29) is 11.9 Å². The zero-order valence-electron chi connectivity index (χ0n) is 13.7. The quantitative estimate of drug-likeness (QED) is 0.753. The van der Waals surface area contributed by atoms with Crippen LogP contribution in [0.3, 0.4) is 0 Å². The largest absolute Gasteiger partial charge is 0.352 e. The molecule has 0 spiro atoms. The molecule has 7 heteroatoms. The van der Waals surface area contributed by atoms with Crippen molar-refractivity contribution >= 4 is 34.1 Å². The zero-order chi connectivity index (χ0) is 17.1. The summed E-state index contributed by atoms with van der Waals surface area (Å²) in [7, 11) is 0. The number of aromatic amines is 1. The lowest BCUT2D eigenvalue weighted by Gasteiger charge is -2.12. The third-order valence-corrected chi connectivity index (χ3v) is 4.82. The van der Waals surface area contributed by atoms with Gasteiger partial charge in [0.2, 0.25) is 0 Å². The molecule has 2 aromatic rings. The van der Waals surface area contributed by atoms with Crippen LogP contribution >= 0.6 is 28.1 Å². The van der Waals surface area contributed by atoms with Gasteiger partial charge in [-0.15, -0.1) is 0 Å². The summed E-state index contributed by atoms with van der Waals surface area (Å²) in [6.07, 6.45) is 0.631. The number of H-pyrrole nitrogens is 1. The van der Waals surface area contributed by atoms with Gasteiger partial charge in [-0.3, -0.25) is 9.89 Å². The van der Waals surface area contributed by atoms with Crippen LogP contribution in [0.1, 0.15) is 47.2 Å². The van der Waals surface area contributed by atoms with E-state index < -0.39 is 0 Å². The standard InChI is InChI=1S/C16H21BrN4OS/c1-9(2)21-14(19-20-16(21)23)5-6-18-15(22)12-7-11(4)13(17)8-10(12)3/h7-9H,5-6H2,1-4H3,(H,18,22)(H,20,23). The van der Waals surface area contributed by atoms with E-state index in [4.69, 9.17) is 12.2 Å². The molecule has 0 saturated heterocycles. The maximum Gasteiger partial charge on any atom is 0.251 e. The fourth-order valence-electron chi connectivity index (χ4n) is 2.45. The Hall–Kier alpha value is -1.47. The summed E-state index contributed by atoms with van der Waals surface area (Å²) in [5.74, 6) is 0.789. The summed E-state index contributed by atoms with van der Waals surface area (Å²) >= 11 is 8.70. The van der Waals surface area contributed by atoms with Gasteiger partial charge in [-0.2, -0.15) is 5.10 Å². The molecule has 0 aliphatic carbocycles. The molecule has 1 amide bonds. The van der Waals surface area contributed by atoms with Gasteiger partial charge in [-0.25, -0.2) is 0 Å².